The van der Waals surface area contributed by atoms with Crippen LogP contribution >= 0.6 is 23.7 Å². The van der Waals surface area contributed by atoms with Crippen molar-refractivity contribution in [2.75, 3.05) is 5.73 Å². The normalized spacial score (nSPS) is 10.8. The van der Waals surface area contributed by atoms with Gasteiger partial charge < -0.3 is 11.5 Å². The zero-order valence-electron chi connectivity index (χ0n) is 14.0. The van der Waals surface area contributed by atoms with Crippen molar-refractivity contribution in [1.82, 2.24) is 24.4 Å². The number of aromatic nitrogens is 5. The first-order valence-electron chi connectivity index (χ1n) is 7.47. The largest absolute Gasteiger partial charge is 0.397 e. The summed E-state index contributed by atoms with van der Waals surface area (Å²) in [4.78, 5) is 17.7. The van der Waals surface area contributed by atoms with Gasteiger partial charge in [-0.2, -0.15) is 10.2 Å². The zero-order valence-corrected chi connectivity index (χ0v) is 15.6. The number of nitrogens with two attached hydrogens (primary N) is 2. The SMILES string of the molecule is Cc1ncc(N)cc1-c1c(-c2cnn(C)c2)sc2c(C(N)=O)cnn12.Cl. The highest BCUT2D eigenvalue weighted by atomic mass is 35.5. The Kier molecular flexibility index (Phi) is 4.43. The van der Waals surface area contributed by atoms with E-state index in [1.807, 2.05) is 26.2 Å². The van der Waals surface area contributed by atoms with Gasteiger partial charge in [-0.25, -0.2) is 4.52 Å². The molecule has 0 aliphatic rings. The average molecular weight is 390 g/mol. The van der Waals surface area contributed by atoms with Crippen LogP contribution in [0.4, 0.5) is 5.69 Å². The summed E-state index contributed by atoms with van der Waals surface area (Å²) < 4.78 is 3.44. The van der Waals surface area contributed by atoms with E-state index in [9.17, 15) is 4.79 Å². The molecule has 0 aliphatic carbocycles. The number of thiazole rings is 1. The van der Waals surface area contributed by atoms with Crippen LogP contribution in [0, 0.1) is 6.92 Å². The fourth-order valence-corrected chi connectivity index (χ4v) is 3.96. The Balaban J connectivity index is 0.00000196. The molecule has 10 heteroatoms. The molecular weight excluding hydrogens is 374 g/mol. The van der Waals surface area contributed by atoms with Crippen LogP contribution in [0.5, 0.6) is 0 Å². The first-order valence-corrected chi connectivity index (χ1v) is 8.29. The Morgan fingerprint density at radius 3 is 2.65 bits per heavy atom. The summed E-state index contributed by atoms with van der Waals surface area (Å²) in [6.45, 7) is 1.91. The number of carbonyl (C=O) groups is 1. The van der Waals surface area contributed by atoms with Crippen LogP contribution in [0.2, 0.25) is 0 Å². The number of anilines is 1. The maximum Gasteiger partial charge on any atom is 0.253 e. The van der Waals surface area contributed by atoms with Gasteiger partial charge in [0.25, 0.3) is 5.91 Å². The van der Waals surface area contributed by atoms with Crippen molar-refractivity contribution >= 4 is 40.2 Å². The Morgan fingerprint density at radius 2 is 2.00 bits per heavy atom. The molecule has 4 aromatic heterocycles. The number of hydrogen-bond donors (Lipinski definition) is 2. The minimum atomic E-state index is -0.511. The highest BCUT2D eigenvalue weighted by Gasteiger charge is 2.23. The first kappa shape index (κ1) is 17.9. The quantitative estimate of drug-likeness (QED) is 0.557. The lowest BCUT2D eigenvalue weighted by Crippen LogP contribution is -2.09. The van der Waals surface area contributed by atoms with E-state index in [2.05, 4.69) is 15.2 Å². The number of halogens is 1. The van der Waals surface area contributed by atoms with Gasteiger partial charge in [0.1, 0.15) is 4.83 Å². The lowest BCUT2D eigenvalue weighted by molar-refractivity contribution is 0.100. The van der Waals surface area contributed by atoms with E-state index in [1.54, 1.807) is 21.6 Å². The Bertz CT molecular complexity index is 1130. The van der Waals surface area contributed by atoms with Crippen molar-refractivity contribution in [3.8, 4) is 21.7 Å². The zero-order chi connectivity index (χ0) is 17.7. The molecule has 4 N–H and O–H groups in total. The van der Waals surface area contributed by atoms with Crippen molar-refractivity contribution in [2.45, 2.75) is 6.92 Å². The molecule has 0 radical (unpaired) electrons. The van der Waals surface area contributed by atoms with E-state index in [0.29, 0.717) is 16.1 Å². The number of nitrogen functional groups attached to an aromatic ring is 1. The highest BCUT2D eigenvalue weighted by Crippen LogP contribution is 2.41. The molecule has 0 atom stereocenters. The summed E-state index contributed by atoms with van der Waals surface area (Å²) in [5.74, 6) is -0.511. The number of nitrogens with zero attached hydrogens (tertiary/aromatic N) is 5. The van der Waals surface area contributed by atoms with Gasteiger partial charge in [-0.1, -0.05) is 0 Å². The first-order chi connectivity index (χ1) is 12.0. The summed E-state index contributed by atoms with van der Waals surface area (Å²) in [5.41, 5.74) is 15.8. The van der Waals surface area contributed by atoms with Gasteiger partial charge in [0, 0.05) is 30.1 Å². The van der Waals surface area contributed by atoms with Crippen LogP contribution in [-0.4, -0.2) is 30.3 Å². The highest BCUT2D eigenvalue weighted by molar-refractivity contribution is 7.21. The van der Waals surface area contributed by atoms with Gasteiger partial charge in [0.2, 0.25) is 0 Å². The number of fused-ring (bicyclic) bond motifs is 1. The number of carbonyl (C=O) groups excluding carboxylic acids is 1. The molecule has 0 saturated carbocycles. The molecule has 4 heterocycles. The van der Waals surface area contributed by atoms with Crippen molar-refractivity contribution < 1.29 is 4.79 Å². The summed E-state index contributed by atoms with van der Waals surface area (Å²) >= 11 is 1.44. The molecule has 0 fully saturated rings. The predicted octanol–water partition coefficient (Wildman–Crippen LogP) is 2.27. The van der Waals surface area contributed by atoms with Crippen LogP contribution in [0.15, 0.2) is 30.9 Å². The summed E-state index contributed by atoms with van der Waals surface area (Å²) in [6.07, 6.45) is 6.78. The minimum Gasteiger partial charge on any atom is -0.397 e. The molecule has 0 bridgehead atoms. The van der Waals surface area contributed by atoms with E-state index >= 15 is 0 Å². The van der Waals surface area contributed by atoms with Gasteiger partial charge >= 0.3 is 0 Å². The van der Waals surface area contributed by atoms with Gasteiger partial charge in [0.05, 0.1) is 40.4 Å². The number of primary amides is 1. The Labute approximate surface area is 158 Å². The lowest BCUT2D eigenvalue weighted by Gasteiger charge is -2.07. The van der Waals surface area contributed by atoms with Crippen LogP contribution in [0.3, 0.4) is 0 Å². The summed E-state index contributed by atoms with van der Waals surface area (Å²) in [6, 6.07) is 1.86. The van der Waals surface area contributed by atoms with E-state index in [0.717, 1.165) is 27.4 Å². The van der Waals surface area contributed by atoms with Gasteiger partial charge in [-0.15, -0.1) is 23.7 Å². The van der Waals surface area contributed by atoms with Crippen molar-refractivity contribution in [3.63, 3.8) is 0 Å². The van der Waals surface area contributed by atoms with E-state index in [-0.39, 0.29) is 12.4 Å². The second kappa shape index (κ2) is 6.43. The molecule has 0 saturated heterocycles. The molecule has 8 nitrogen and oxygen atoms in total. The molecule has 1 amide bonds. The topological polar surface area (TPSA) is 117 Å². The third-order valence-electron chi connectivity index (χ3n) is 3.95. The molecule has 0 aromatic carbocycles. The molecule has 4 aromatic rings. The van der Waals surface area contributed by atoms with E-state index in [1.165, 1.54) is 17.5 Å². The number of aryl methyl sites for hydroxylation is 2. The summed E-state index contributed by atoms with van der Waals surface area (Å²) in [5, 5.41) is 8.61. The van der Waals surface area contributed by atoms with Crippen LogP contribution < -0.4 is 11.5 Å². The third-order valence-corrected chi connectivity index (χ3v) is 5.17. The molecule has 0 aliphatic heterocycles. The minimum absolute atomic E-state index is 0. The van der Waals surface area contributed by atoms with Crippen LogP contribution in [-0.2, 0) is 7.05 Å². The van der Waals surface area contributed by atoms with Crippen LogP contribution in [0.1, 0.15) is 16.1 Å². The van der Waals surface area contributed by atoms with Crippen molar-refractivity contribution in [2.24, 2.45) is 12.8 Å². The average Bonchev–Trinajstić information content (AvgIpc) is 3.23. The number of pyridine rings is 1. The molecule has 134 valence electrons. The second-order valence-electron chi connectivity index (χ2n) is 5.72. The van der Waals surface area contributed by atoms with Gasteiger partial charge in [0.15, 0.2) is 0 Å². The molecule has 26 heavy (non-hydrogen) atoms. The number of rotatable bonds is 3. The number of amides is 1. The van der Waals surface area contributed by atoms with E-state index < -0.39 is 5.91 Å². The lowest BCUT2D eigenvalue weighted by atomic mass is 10.1. The molecule has 0 spiro atoms. The number of hydrogen-bond acceptors (Lipinski definition) is 6. The van der Waals surface area contributed by atoms with Crippen molar-refractivity contribution in [3.05, 3.63) is 42.1 Å². The monoisotopic (exact) mass is 389 g/mol. The Hall–Kier alpha value is -2.91. The van der Waals surface area contributed by atoms with E-state index in [4.69, 9.17) is 11.5 Å². The summed E-state index contributed by atoms with van der Waals surface area (Å²) in [7, 11) is 1.85. The smallest absolute Gasteiger partial charge is 0.253 e. The van der Waals surface area contributed by atoms with Crippen molar-refractivity contribution in [1.29, 1.82) is 0 Å². The molecule has 4 rings (SSSR count). The maximum atomic E-state index is 11.7. The molecular formula is C16H16ClN7OS. The van der Waals surface area contributed by atoms with Gasteiger partial charge in [-0.05, 0) is 13.0 Å². The molecule has 0 unspecified atom stereocenters. The standard InChI is InChI=1S/C16H15N7OS.ClH/c1-8-11(3-10(17)5-19-8)13-14(9-4-20-22(2)7-9)25-16-12(15(18)24)6-21-23(13)16;/h3-7H,17H2,1-2H3,(H2,18,24);1H. The fraction of sp³-hybridized carbons (Fsp3) is 0.125. The Morgan fingerprint density at radius 1 is 1.23 bits per heavy atom. The third kappa shape index (κ3) is 2.71. The second-order valence-corrected chi connectivity index (χ2v) is 6.72. The van der Waals surface area contributed by atoms with Gasteiger partial charge in [-0.3, -0.25) is 14.5 Å². The fourth-order valence-electron chi connectivity index (χ4n) is 2.76. The maximum absolute atomic E-state index is 11.7. The van der Waals surface area contributed by atoms with Crippen LogP contribution in [0.25, 0.3) is 26.5 Å². The predicted molar refractivity (Wildman–Crippen MR) is 103 cm³/mol.